The largest absolute Gasteiger partial charge is 0.370 e. The van der Waals surface area contributed by atoms with Gasteiger partial charge in [-0.3, -0.25) is 0 Å². The lowest BCUT2D eigenvalue weighted by molar-refractivity contribution is 0.858. The average Bonchev–Trinajstić information content (AvgIpc) is 2.74. The maximum absolute atomic E-state index is 4.64. The number of aromatic nitrogens is 2. The monoisotopic (exact) mass is 376 g/mol. The highest BCUT2D eigenvalue weighted by Gasteiger charge is 2.10. The van der Waals surface area contributed by atoms with Gasteiger partial charge in [-0.1, -0.05) is 42.5 Å². The van der Waals surface area contributed by atoms with Crippen molar-refractivity contribution in [2.24, 2.45) is 0 Å². The summed E-state index contributed by atoms with van der Waals surface area (Å²) in [6, 6.07) is 21.1. The van der Waals surface area contributed by atoms with Gasteiger partial charge in [0.2, 0.25) is 0 Å². The molecule has 1 aliphatic rings. The molecule has 0 bridgehead atoms. The van der Waals surface area contributed by atoms with Gasteiger partial charge in [0.1, 0.15) is 11.6 Å². The summed E-state index contributed by atoms with van der Waals surface area (Å²) in [4.78, 5) is 11.5. The zero-order valence-corrected chi connectivity index (χ0v) is 16.2. The van der Waals surface area contributed by atoms with E-state index in [0.717, 1.165) is 37.7 Å². The topological polar surface area (TPSA) is 41.1 Å². The van der Waals surface area contributed by atoms with E-state index in [0.29, 0.717) is 0 Å². The molecule has 4 nitrogen and oxygen atoms in total. The highest BCUT2D eigenvalue weighted by atomic mass is 32.2. The highest BCUT2D eigenvalue weighted by molar-refractivity contribution is 7.99. The molecule has 1 aromatic heterocycles. The van der Waals surface area contributed by atoms with Gasteiger partial charge in [0.15, 0.2) is 0 Å². The summed E-state index contributed by atoms with van der Waals surface area (Å²) >= 11 is 2.04. The Kier molecular flexibility index (Phi) is 5.89. The minimum absolute atomic E-state index is 0.749. The Bertz CT molecular complexity index is 846. The van der Waals surface area contributed by atoms with Crippen LogP contribution in [0.2, 0.25) is 0 Å². The van der Waals surface area contributed by atoms with E-state index < -0.39 is 0 Å². The van der Waals surface area contributed by atoms with Crippen LogP contribution in [-0.2, 0) is 13.0 Å². The van der Waals surface area contributed by atoms with Crippen LogP contribution in [0.1, 0.15) is 17.0 Å². The SMILES string of the molecule is c1ccc(Cc2nccc(NCc3ccc(N4CCSCC4)cc3)n2)cc1. The second-order valence-electron chi connectivity index (χ2n) is 6.64. The van der Waals surface area contributed by atoms with E-state index in [2.05, 4.69) is 56.6 Å². The van der Waals surface area contributed by atoms with E-state index in [1.807, 2.05) is 42.2 Å². The zero-order chi connectivity index (χ0) is 18.3. The zero-order valence-electron chi connectivity index (χ0n) is 15.3. The third-order valence-corrected chi connectivity index (χ3v) is 5.64. The Morgan fingerprint density at radius 1 is 0.889 bits per heavy atom. The van der Waals surface area contributed by atoms with E-state index in [1.54, 1.807) is 0 Å². The molecule has 0 aliphatic carbocycles. The third kappa shape index (κ3) is 5.01. The number of rotatable bonds is 6. The minimum atomic E-state index is 0.749. The molecule has 3 aromatic rings. The average molecular weight is 377 g/mol. The standard InChI is InChI=1S/C22H24N4S/c1-2-4-18(5-3-1)16-22-23-11-10-21(25-22)24-17-19-6-8-20(9-7-19)26-12-14-27-15-13-26/h1-11H,12-17H2,(H,23,24,25). The first-order valence-electron chi connectivity index (χ1n) is 9.38. The first kappa shape index (κ1) is 17.9. The summed E-state index contributed by atoms with van der Waals surface area (Å²) < 4.78 is 0. The van der Waals surface area contributed by atoms with Crippen LogP contribution < -0.4 is 10.2 Å². The van der Waals surface area contributed by atoms with Crippen molar-refractivity contribution in [3.8, 4) is 0 Å². The van der Waals surface area contributed by atoms with Crippen LogP contribution >= 0.6 is 11.8 Å². The molecule has 0 radical (unpaired) electrons. The van der Waals surface area contributed by atoms with E-state index >= 15 is 0 Å². The molecule has 4 rings (SSSR count). The van der Waals surface area contributed by atoms with Gasteiger partial charge in [0.05, 0.1) is 0 Å². The molecule has 27 heavy (non-hydrogen) atoms. The summed E-state index contributed by atoms with van der Waals surface area (Å²) in [6.45, 7) is 3.05. The number of nitrogens with zero attached hydrogens (tertiary/aromatic N) is 3. The molecule has 0 spiro atoms. The van der Waals surface area contributed by atoms with Gasteiger partial charge in [-0.15, -0.1) is 0 Å². The predicted molar refractivity (Wildman–Crippen MR) is 115 cm³/mol. The summed E-state index contributed by atoms with van der Waals surface area (Å²) in [5.74, 6) is 4.16. The van der Waals surface area contributed by atoms with Crippen molar-refractivity contribution in [1.29, 1.82) is 0 Å². The first-order chi connectivity index (χ1) is 13.4. The van der Waals surface area contributed by atoms with Crippen molar-refractivity contribution in [2.75, 3.05) is 34.8 Å². The molecule has 2 heterocycles. The van der Waals surface area contributed by atoms with Gasteiger partial charge < -0.3 is 10.2 Å². The maximum Gasteiger partial charge on any atom is 0.135 e. The number of hydrogen-bond donors (Lipinski definition) is 1. The second-order valence-corrected chi connectivity index (χ2v) is 7.86. The molecule has 1 N–H and O–H groups in total. The van der Waals surface area contributed by atoms with Gasteiger partial charge in [-0.2, -0.15) is 11.8 Å². The molecule has 0 saturated carbocycles. The van der Waals surface area contributed by atoms with E-state index in [4.69, 9.17) is 0 Å². The Balaban J connectivity index is 1.35. The van der Waals surface area contributed by atoms with Crippen molar-refractivity contribution in [3.63, 3.8) is 0 Å². The molecular weight excluding hydrogens is 352 g/mol. The molecule has 0 atom stereocenters. The second kappa shape index (κ2) is 8.91. The predicted octanol–water partition coefficient (Wildman–Crippen LogP) is 4.23. The molecule has 1 saturated heterocycles. The summed E-state index contributed by atoms with van der Waals surface area (Å²) in [7, 11) is 0. The fraction of sp³-hybridized carbons (Fsp3) is 0.273. The normalized spacial score (nSPS) is 14.1. The molecule has 1 fully saturated rings. The summed E-state index contributed by atoms with van der Waals surface area (Å²) in [5, 5.41) is 3.42. The van der Waals surface area contributed by atoms with Gasteiger partial charge in [0, 0.05) is 49.4 Å². The lowest BCUT2D eigenvalue weighted by atomic mass is 10.1. The molecule has 0 amide bonds. The van der Waals surface area contributed by atoms with Crippen LogP contribution in [0.3, 0.4) is 0 Å². The number of anilines is 2. The molecule has 1 aliphatic heterocycles. The van der Waals surface area contributed by atoms with Gasteiger partial charge in [-0.05, 0) is 29.3 Å². The molecule has 2 aromatic carbocycles. The number of benzene rings is 2. The van der Waals surface area contributed by atoms with Crippen LogP contribution in [0.15, 0.2) is 66.9 Å². The van der Waals surface area contributed by atoms with Crippen molar-refractivity contribution in [3.05, 3.63) is 83.8 Å². The summed E-state index contributed by atoms with van der Waals surface area (Å²) in [5.41, 5.74) is 3.81. The van der Waals surface area contributed by atoms with Crippen LogP contribution in [0.25, 0.3) is 0 Å². The highest BCUT2D eigenvalue weighted by Crippen LogP contribution is 2.20. The van der Waals surface area contributed by atoms with Crippen LogP contribution in [0.4, 0.5) is 11.5 Å². The van der Waals surface area contributed by atoms with Crippen molar-refractivity contribution in [2.45, 2.75) is 13.0 Å². The number of nitrogens with one attached hydrogen (secondary N) is 1. The van der Waals surface area contributed by atoms with Gasteiger partial charge >= 0.3 is 0 Å². The Morgan fingerprint density at radius 2 is 1.67 bits per heavy atom. The van der Waals surface area contributed by atoms with Gasteiger partial charge in [0.25, 0.3) is 0 Å². The van der Waals surface area contributed by atoms with E-state index in [-0.39, 0.29) is 0 Å². The van der Waals surface area contributed by atoms with Crippen molar-refractivity contribution >= 4 is 23.3 Å². The Morgan fingerprint density at radius 3 is 2.44 bits per heavy atom. The van der Waals surface area contributed by atoms with E-state index in [1.165, 1.54) is 28.3 Å². The van der Waals surface area contributed by atoms with E-state index in [9.17, 15) is 0 Å². The fourth-order valence-electron chi connectivity index (χ4n) is 3.20. The van der Waals surface area contributed by atoms with Gasteiger partial charge in [-0.25, -0.2) is 9.97 Å². The van der Waals surface area contributed by atoms with Crippen molar-refractivity contribution < 1.29 is 0 Å². The molecule has 138 valence electrons. The fourth-order valence-corrected chi connectivity index (χ4v) is 4.10. The van der Waals surface area contributed by atoms with Crippen LogP contribution in [0, 0.1) is 0 Å². The Labute approximate surface area is 165 Å². The number of hydrogen-bond acceptors (Lipinski definition) is 5. The number of thioether (sulfide) groups is 1. The molecule has 5 heteroatoms. The minimum Gasteiger partial charge on any atom is -0.370 e. The van der Waals surface area contributed by atoms with Crippen LogP contribution in [-0.4, -0.2) is 34.6 Å². The quantitative estimate of drug-likeness (QED) is 0.697. The molecular formula is C22H24N4S. The molecule has 0 unspecified atom stereocenters. The summed E-state index contributed by atoms with van der Waals surface area (Å²) in [6.07, 6.45) is 2.57. The maximum atomic E-state index is 4.64. The third-order valence-electron chi connectivity index (χ3n) is 4.70. The Hall–Kier alpha value is -2.53. The van der Waals surface area contributed by atoms with Crippen molar-refractivity contribution in [1.82, 2.24) is 9.97 Å². The lowest BCUT2D eigenvalue weighted by Crippen LogP contribution is -2.32. The first-order valence-corrected chi connectivity index (χ1v) is 10.5. The van der Waals surface area contributed by atoms with Crippen LogP contribution in [0.5, 0.6) is 0 Å². The lowest BCUT2D eigenvalue weighted by Gasteiger charge is -2.28. The smallest absolute Gasteiger partial charge is 0.135 e.